The molecule has 1 aromatic heterocycles. The zero-order chi connectivity index (χ0) is 18.6. The van der Waals surface area contributed by atoms with Crippen molar-refractivity contribution < 1.29 is 22.1 Å². The number of carbonyl (C=O) groups is 1. The Bertz CT molecular complexity index is 849. The van der Waals surface area contributed by atoms with E-state index in [1.807, 2.05) is 0 Å². The van der Waals surface area contributed by atoms with Gasteiger partial charge in [0.2, 0.25) is 15.9 Å². The van der Waals surface area contributed by atoms with Crippen molar-refractivity contribution in [3.05, 3.63) is 47.6 Å². The number of aryl methyl sites for hydroxylation is 1. The molecule has 136 valence electrons. The number of sulfonamides is 1. The van der Waals surface area contributed by atoms with Crippen molar-refractivity contribution >= 4 is 15.9 Å². The molecule has 7 nitrogen and oxygen atoms in total. The Morgan fingerprint density at radius 3 is 2.56 bits per heavy atom. The van der Waals surface area contributed by atoms with Crippen molar-refractivity contribution in [2.75, 3.05) is 0 Å². The minimum atomic E-state index is -4.18. The first-order chi connectivity index (χ1) is 11.7. The highest BCUT2D eigenvalue weighted by Gasteiger charge is 2.29. The lowest BCUT2D eigenvalue weighted by Gasteiger charge is -2.21. The minimum Gasteiger partial charge on any atom is -0.361 e. The molecule has 0 spiro atoms. The van der Waals surface area contributed by atoms with E-state index in [1.165, 1.54) is 12.1 Å². The number of nitrogens with one attached hydrogen (secondary N) is 2. The first kappa shape index (κ1) is 19.1. The van der Waals surface area contributed by atoms with Crippen LogP contribution in [0.15, 0.2) is 39.8 Å². The summed E-state index contributed by atoms with van der Waals surface area (Å²) in [6, 6.07) is 5.60. The number of amides is 1. The molecule has 0 unspecified atom stereocenters. The van der Waals surface area contributed by atoms with Gasteiger partial charge in [-0.05, 0) is 25.0 Å². The van der Waals surface area contributed by atoms with Crippen molar-refractivity contribution in [3.8, 4) is 0 Å². The summed E-state index contributed by atoms with van der Waals surface area (Å²) in [6.07, 6.45) is 0. The van der Waals surface area contributed by atoms with E-state index in [2.05, 4.69) is 15.2 Å². The van der Waals surface area contributed by atoms with Crippen molar-refractivity contribution in [1.29, 1.82) is 0 Å². The molecule has 0 fully saturated rings. The molecule has 2 N–H and O–H groups in total. The Kier molecular flexibility index (Phi) is 5.91. The van der Waals surface area contributed by atoms with Crippen LogP contribution in [0, 0.1) is 18.7 Å². The van der Waals surface area contributed by atoms with Gasteiger partial charge in [0.15, 0.2) is 0 Å². The third-order valence-electron chi connectivity index (χ3n) is 3.48. The summed E-state index contributed by atoms with van der Waals surface area (Å²) in [6.45, 7) is 5.20. The SMILES string of the molecule is Cc1cc(CNC(=O)[C@@H](NS(=O)(=O)c2ccccc2F)C(C)C)no1. The number of hydrogen-bond acceptors (Lipinski definition) is 5. The molecule has 25 heavy (non-hydrogen) atoms. The van der Waals surface area contributed by atoms with Gasteiger partial charge in [-0.25, -0.2) is 12.8 Å². The molecule has 0 saturated heterocycles. The summed E-state index contributed by atoms with van der Waals surface area (Å²) in [5, 5.41) is 6.35. The fraction of sp³-hybridized carbons (Fsp3) is 0.375. The molecular weight excluding hydrogens is 349 g/mol. The molecule has 1 heterocycles. The summed E-state index contributed by atoms with van der Waals surface area (Å²) in [4.78, 5) is 11.9. The third kappa shape index (κ3) is 4.86. The van der Waals surface area contributed by atoms with E-state index in [0.717, 1.165) is 12.1 Å². The van der Waals surface area contributed by atoms with Crippen molar-refractivity contribution in [3.63, 3.8) is 0 Å². The Balaban J connectivity index is 2.12. The van der Waals surface area contributed by atoms with Gasteiger partial charge in [0.1, 0.15) is 28.2 Å². The molecule has 9 heteroatoms. The van der Waals surface area contributed by atoms with E-state index in [0.29, 0.717) is 11.5 Å². The first-order valence-electron chi connectivity index (χ1n) is 7.67. The number of halogens is 1. The highest BCUT2D eigenvalue weighted by molar-refractivity contribution is 7.89. The van der Waals surface area contributed by atoms with Gasteiger partial charge in [0.25, 0.3) is 0 Å². The molecule has 0 saturated carbocycles. The molecule has 2 aromatic rings. The van der Waals surface area contributed by atoms with Crippen LogP contribution < -0.4 is 10.0 Å². The van der Waals surface area contributed by atoms with Gasteiger partial charge >= 0.3 is 0 Å². The fourth-order valence-corrected chi connectivity index (χ4v) is 3.60. The topological polar surface area (TPSA) is 101 Å². The summed E-state index contributed by atoms with van der Waals surface area (Å²) >= 11 is 0. The number of benzene rings is 1. The molecule has 1 atom stereocenters. The quantitative estimate of drug-likeness (QED) is 0.774. The second-order valence-electron chi connectivity index (χ2n) is 5.92. The highest BCUT2D eigenvalue weighted by atomic mass is 32.2. The van der Waals surface area contributed by atoms with E-state index in [1.54, 1.807) is 26.8 Å². The van der Waals surface area contributed by atoms with Gasteiger partial charge in [0.05, 0.1) is 6.54 Å². The van der Waals surface area contributed by atoms with Crippen LogP contribution in [0.2, 0.25) is 0 Å². The van der Waals surface area contributed by atoms with Gasteiger partial charge < -0.3 is 9.84 Å². The lowest BCUT2D eigenvalue weighted by Crippen LogP contribution is -2.49. The van der Waals surface area contributed by atoms with E-state index >= 15 is 0 Å². The molecule has 0 aliphatic heterocycles. The van der Waals surface area contributed by atoms with Crippen LogP contribution in [-0.4, -0.2) is 25.5 Å². The van der Waals surface area contributed by atoms with Crippen LogP contribution in [0.4, 0.5) is 4.39 Å². The van der Waals surface area contributed by atoms with Gasteiger partial charge in [-0.15, -0.1) is 0 Å². The maximum Gasteiger partial charge on any atom is 0.244 e. The molecular formula is C16H20FN3O4S. The molecule has 1 amide bonds. The average Bonchev–Trinajstić information content (AvgIpc) is 2.96. The largest absolute Gasteiger partial charge is 0.361 e. The Hall–Kier alpha value is -2.26. The Labute approximate surface area is 145 Å². The summed E-state index contributed by atoms with van der Waals surface area (Å²) in [7, 11) is -4.18. The fourth-order valence-electron chi connectivity index (χ4n) is 2.17. The van der Waals surface area contributed by atoms with E-state index < -0.39 is 32.7 Å². The number of carbonyl (C=O) groups excluding carboxylic acids is 1. The number of aromatic nitrogens is 1. The van der Waals surface area contributed by atoms with Gasteiger partial charge in [-0.2, -0.15) is 4.72 Å². The Morgan fingerprint density at radius 2 is 2.00 bits per heavy atom. The normalized spacial score (nSPS) is 13.0. The minimum absolute atomic E-state index is 0.0980. The van der Waals surface area contributed by atoms with Crippen LogP contribution >= 0.6 is 0 Å². The molecule has 0 aliphatic rings. The Morgan fingerprint density at radius 1 is 1.32 bits per heavy atom. The summed E-state index contributed by atoms with van der Waals surface area (Å²) in [5.74, 6) is -1.16. The van der Waals surface area contributed by atoms with Crippen LogP contribution in [0.3, 0.4) is 0 Å². The molecule has 0 radical (unpaired) electrons. The predicted molar refractivity (Wildman–Crippen MR) is 88.4 cm³/mol. The van der Waals surface area contributed by atoms with E-state index in [-0.39, 0.29) is 12.5 Å². The van der Waals surface area contributed by atoms with Crippen LogP contribution in [0.5, 0.6) is 0 Å². The maximum atomic E-state index is 13.8. The number of nitrogens with zero attached hydrogens (tertiary/aromatic N) is 1. The highest BCUT2D eigenvalue weighted by Crippen LogP contribution is 2.15. The smallest absolute Gasteiger partial charge is 0.244 e. The summed E-state index contributed by atoms with van der Waals surface area (Å²) < 4.78 is 45.7. The van der Waals surface area contributed by atoms with Crippen LogP contribution in [-0.2, 0) is 21.4 Å². The average molecular weight is 369 g/mol. The lowest BCUT2D eigenvalue weighted by atomic mass is 10.1. The zero-order valence-electron chi connectivity index (χ0n) is 14.1. The zero-order valence-corrected chi connectivity index (χ0v) is 14.9. The molecule has 2 rings (SSSR count). The number of hydrogen-bond donors (Lipinski definition) is 2. The van der Waals surface area contributed by atoms with E-state index in [4.69, 9.17) is 4.52 Å². The maximum absolute atomic E-state index is 13.8. The third-order valence-corrected chi connectivity index (χ3v) is 4.95. The van der Waals surface area contributed by atoms with Gasteiger partial charge in [0, 0.05) is 6.07 Å². The molecule has 1 aromatic carbocycles. The first-order valence-corrected chi connectivity index (χ1v) is 9.16. The standard InChI is InChI=1S/C16H20FN3O4S/c1-10(2)15(16(21)18-9-12-8-11(3)24-19-12)20-25(22,23)14-7-5-4-6-13(14)17/h4-8,10,15,20H,9H2,1-3H3,(H,18,21)/t15-/m0/s1. The predicted octanol–water partition coefficient (Wildman–Crippen LogP) is 1.74. The molecule has 0 aliphatic carbocycles. The molecule has 0 bridgehead atoms. The monoisotopic (exact) mass is 369 g/mol. The number of rotatable bonds is 7. The second-order valence-corrected chi connectivity index (χ2v) is 7.60. The van der Waals surface area contributed by atoms with Crippen LogP contribution in [0.1, 0.15) is 25.3 Å². The second kappa shape index (κ2) is 7.75. The lowest BCUT2D eigenvalue weighted by molar-refractivity contribution is -0.123. The van der Waals surface area contributed by atoms with Gasteiger partial charge in [-0.3, -0.25) is 4.79 Å². The van der Waals surface area contributed by atoms with Crippen molar-refractivity contribution in [2.45, 2.75) is 38.3 Å². The summed E-state index contributed by atoms with van der Waals surface area (Å²) in [5.41, 5.74) is 0.519. The van der Waals surface area contributed by atoms with Crippen LogP contribution in [0.25, 0.3) is 0 Å². The van der Waals surface area contributed by atoms with Gasteiger partial charge in [-0.1, -0.05) is 31.1 Å². The van der Waals surface area contributed by atoms with Crippen molar-refractivity contribution in [1.82, 2.24) is 15.2 Å². The van der Waals surface area contributed by atoms with Crippen molar-refractivity contribution in [2.24, 2.45) is 5.92 Å². The van der Waals surface area contributed by atoms with E-state index in [9.17, 15) is 17.6 Å².